The van der Waals surface area contributed by atoms with E-state index < -0.39 is 0 Å². The van der Waals surface area contributed by atoms with Gasteiger partial charge in [0, 0.05) is 12.1 Å². The van der Waals surface area contributed by atoms with E-state index >= 15 is 0 Å². The molecular weight excluding hydrogens is 373 g/mol. The van der Waals surface area contributed by atoms with Crippen molar-refractivity contribution in [3.05, 3.63) is 52.8 Å². The number of methoxy groups -OCH3 is 1. The van der Waals surface area contributed by atoms with E-state index in [-0.39, 0.29) is 11.7 Å². The second-order valence-corrected chi connectivity index (χ2v) is 6.10. The number of halogens is 2. The normalized spacial score (nSPS) is 10.4. The van der Waals surface area contributed by atoms with E-state index in [1.54, 1.807) is 24.3 Å². The third-order valence-corrected chi connectivity index (χ3v) is 4.00. The first-order valence-corrected chi connectivity index (χ1v) is 9.09. The smallest absolute Gasteiger partial charge is 0.251 e. The number of nitrogens with one attached hydrogen (secondary N) is 1. The van der Waals surface area contributed by atoms with Crippen LogP contribution in [0.3, 0.4) is 0 Å². The lowest BCUT2D eigenvalue weighted by Gasteiger charge is -2.13. The monoisotopic (exact) mass is 395 g/mol. The average Bonchev–Trinajstić information content (AvgIpc) is 2.67. The maximum Gasteiger partial charge on any atom is 0.251 e. The second-order valence-electron chi connectivity index (χ2n) is 5.69. The van der Waals surface area contributed by atoms with Gasteiger partial charge in [0.25, 0.3) is 5.91 Å². The lowest BCUT2D eigenvalue weighted by Crippen LogP contribution is -2.24. The zero-order valence-corrected chi connectivity index (χ0v) is 16.1. The summed E-state index contributed by atoms with van der Waals surface area (Å²) in [6.45, 7) is 3.28. The molecule has 7 heteroatoms. The van der Waals surface area contributed by atoms with Gasteiger partial charge in [-0.05, 0) is 56.2 Å². The topological polar surface area (TPSA) is 56.8 Å². The van der Waals surface area contributed by atoms with E-state index in [4.69, 9.17) is 25.8 Å². The van der Waals surface area contributed by atoms with Gasteiger partial charge in [0.2, 0.25) is 0 Å². The lowest BCUT2D eigenvalue weighted by molar-refractivity contribution is 0.0952. The minimum Gasteiger partial charge on any atom is -0.494 e. The Kier molecular flexibility index (Phi) is 8.20. The summed E-state index contributed by atoms with van der Waals surface area (Å²) in [4.78, 5) is 12.3. The second kappa shape index (κ2) is 10.6. The number of carbonyl (C=O) groups excluding carboxylic acids is 1. The number of unbranched alkanes of at least 4 members (excludes halogenated alkanes) is 1. The first-order chi connectivity index (χ1) is 13.0. The minimum atomic E-state index is -0.295. The third kappa shape index (κ3) is 6.32. The molecule has 0 fully saturated rings. The molecule has 0 radical (unpaired) electrons. The van der Waals surface area contributed by atoms with Crippen LogP contribution in [0.15, 0.2) is 36.4 Å². The average molecular weight is 396 g/mol. The van der Waals surface area contributed by atoms with Crippen LogP contribution in [0, 0.1) is 5.82 Å². The van der Waals surface area contributed by atoms with Crippen molar-refractivity contribution in [2.75, 3.05) is 26.9 Å². The number of amides is 1. The van der Waals surface area contributed by atoms with Gasteiger partial charge in [0.05, 0.1) is 25.3 Å². The maximum atomic E-state index is 12.8. The molecular formula is C20H23ClFNO4. The van der Waals surface area contributed by atoms with Gasteiger partial charge >= 0.3 is 0 Å². The van der Waals surface area contributed by atoms with Crippen molar-refractivity contribution in [2.45, 2.75) is 19.8 Å². The van der Waals surface area contributed by atoms with Gasteiger partial charge in [-0.1, -0.05) is 11.6 Å². The van der Waals surface area contributed by atoms with Crippen LogP contribution in [-0.4, -0.2) is 32.8 Å². The predicted molar refractivity (Wildman–Crippen MR) is 103 cm³/mol. The summed E-state index contributed by atoms with van der Waals surface area (Å²) >= 11 is 6.18. The molecule has 0 heterocycles. The summed E-state index contributed by atoms with van der Waals surface area (Å²) in [5.74, 6) is 0.934. The summed E-state index contributed by atoms with van der Waals surface area (Å²) in [6, 6.07) is 9.03. The Morgan fingerprint density at radius 2 is 1.89 bits per heavy atom. The Labute approximate surface area is 163 Å². The Morgan fingerprint density at radius 1 is 1.15 bits per heavy atom. The van der Waals surface area contributed by atoms with Crippen molar-refractivity contribution in [1.82, 2.24) is 5.32 Å². The molecule has 1 N–H and O–H groups in total. The van der Waals surface area contributed by atoms with Gasteiger partial charge in [0.1, 0.15) is 11.6 Å². The molecule has 0 spiro atoms. The van der Waals surface area contributed by atoms with E-state index in [0.717, 1.165) is 12.8 Å². The molecule has 2 aromatic rings. The van der Waals surface area contributed by atoms with Crippen LogP contribution in [-0.2, 0) is 0 Å². The van der Waals surface area contributed by atoms with Crippen molar-refractivity contribution >= 4 is 17.5 Å². The molecule has 5 nitrogen and oxygen atoms in total. The third-order valence-electron chi connectivity index (χ3n) is 3.72. The lowest BCUT2D eigenvalue weighted by atomic mass is 10.2. The maximum absolute atomic E-state index is 12.8. The highest BCUT2D eigenvalue weighted by Crippen LogP contribution is 2.36. The predicted octanol–water partition coefficient (Wildman–Crippen LogP) is 4.48. The number of ether oxygens (including phenoxy) is 3. The number of benzene rings is 2. The molecule has 0 aliphatic rings. The van der Waals surface area contributed by atoms with Crippen molar-refractivity contribution in [1.29, 1.82) is 0 Å². The molecule has 146 valence electrons. The molecule has 2 rings (SSSR count). The van der Waals surface area contributed by atoms with Crippen molar-refractivity contribution < 1.29 is 23.4 Å². The Bertz CT molecular complexity index is 752. The van der Waals surface area contributed by atoms with Crippen LogP contribution < -0.4 is 19.5 Å². The van der Waals surface area contributed by atoms with Crippen LogP contribution in [0.4, 0.5) is 4.39 Å². The van der Waals surface area contributed by atoms with Crippen LogP contribution in [0.25, 0.3) is 0 Å². The number of carbonyl (C=O) groups is 1. The van der Waals surface area contributed by atoms with Gasteiger partial charge in [-0.25, -0.2) is 4.39 Å². The van der Waals surface area contributed by atoms with E-state index in [0.29, 0.717) is 47.6 Å². The quantitative estimate of drug-likeness (QED) is 0.603. The summed E-state index contributed by atoms with van der Waals surface area (Å²) in [5.41, 5.74) is 0.405. The molecule has 0 saturated heterocycles. The van der Waals surface area contributed by atoms with Gasteiger partial charge in [0.15, 0.2) is 11.5 Å². The zero-order valence-electron chi connectivity index (χ0n) is 15.4. The number of hydrogen-bond donors (Lipinski definition) is 1. The molecule has 0 saturated carbocycles. The van der Waals surface area contributed by atoms with Crippen molar-refractivity contribution in [3.63, 3.8) is 0 Å². The fourth-order valence-corrected chi connectivity index (χ4v) is 2.65. The largest absolute Gasteiger partial charge is 0.494 e. The van der Waals surface area contributed by atoms with Crippen LogP contribution in [0.2, 0.25) is 5.02 Å². The SMILES string of the molecule is CCOc1c(Cl)cc(C(=O)NCCCCOc2ccc(F)cc2)cc1OC. The fourth-order valence-electron chi connectivity index (χ4n) is 2.39. The van der Waals surface area contributed by atoms with Gasteiger partial charge in [-0.3, -0.25) is 4.79 Å². The fraction of sp³-hybridized carbons (Fsp3) is 0.350. The van der Waals surface area contributed by atoms with E-state index in [1.165, 1.54) is 19.2 Å². The van der Waals surface area contributed by atoms with Crippen molar-refractivity contribution in [3.8, 4) is 17.2 Å². The molecule has 0 aliphatic heterocycles. The Morgan fingerprint density at radius 3 is 2.56 bits per heavy atom. The van der Waals surface area contributed by atoms with E-state index in [1.807, 2.05) is 6.92 Å². The summed E-state index contributed by atoms with van der Waals surface area (Å²) in [7, 11) is 1.50. The Balaban J connectivity index is 1.76. The van der Waals surface area contributed by atoms with Crippen molar-refractivity contribution in [2.24, 2.45) is 0 Å². The van der Waals surface area contributed by atoms with E-state index in [2.05, 4.69) is 5.32 Å². The summed E-state index contributed by atoms with van der Waals surface area (Å²) in [5, 5.41) is 3.16. The molecule has 0 bridgehead atoms. The molecule has 27 heavy (non-hydrogen) atoms. The standard InChI is InChI=1S/C20H23ClFNO4/c1-3-26-19-17(21)12-14(13-18(19)25-2)20(24)23-10-4-5-11-27-16-8-6-15(22)7-9-16/h6-9,12-13H,3-5,10-11H2,1-2H3,(H,23,24). The Hall–Kier alpha value is -2.47. The van der Waals surface area contributed by atoms with Crippen LogP contribution in [0.1, 0.15) is 30.1 Å². The first kappa shape index (κ1) is 20.8. The van der Waals surface area contributed by atoms with Gasteiger partial charge in [-0.15, -0.1) is 0 Å². The molecule has 0 aromatic heterocycles. The first-order valence-electron chi connectivity index (χ1n) is 8.72. The number of rotatable bonds is 10. The summed E-state index contributed by atoms with van der Waals surface area (Å²) < 4.78 is 29.0. The molecule has 0 aliphatic carbocycles. The highest BCUT2D eigenvalue weighted by molar-refractivity contribution is 6.32. The highest BCUT2D eigenvalue weighted by atomic mass is 35.5. The summed E-state index contributed by atoms with van der Waals surface area (Å²) in [6.07, 6.45) is 1.50. The highest BCUT2D eigenvalue weighted by Gasteiger charge is 2.15. The minimum absolute atomic E-state index is 0.238. The van der Waals surface area contributed by atoms with Crippen LogP contribution >= 0.6 is 11.6 Å². The van der Waals surface area contributed by atoms with Gasteiger partial charge in [-0.2, -0.15) is 0 Å². The van der Waals surface area contributed by atoms with E-state index in [9.17, 15) is 9.18 Å². The molecule has 0 atom stereocenters. The molecule has 0 unspecified atom stereocenters. The molecule has 2 aromatic carbocycles. The number of hydrogen-bond acceptors (Lipinski definition) is 4. The van der Waals surface area contributed by atoms with Crippen LogP contribution in [0.5, 0.6) is 17.2 Å². The molecule has 1 amide bonds. The zero-order chi connectivity index (χ0) is 19.6. The van der Waals surface area contributed by atoms with Gasteiger partial charge < -0.3 is 19.5 Å².